The number of hydrogen-bond acceptors (Lipinski definition) is 3. The molecular formula is C12H14FNO3. The number of morpholine rings is 1. The van der Waals surface area contributed by atoms with Crippen molar-refractivity contribution in [1.82, 2.24) is 0 Å². The number of carboxylic acid groups (broad SMARTS) is 1. The number of halogens is 1. The van der Waals surface area contributed by atoms with E-state index in [1.54, 1.807) is 4.90 Å². The molecule has 1 saturated heterocycles. The summed E-state index contributed by atoms with van der Waals surface area (Å²) in [5.74, 6) is -1.61. The van der Waals surface area contributed by atoms with Crippen LogP contribution < -0.4 is 4.90 Å². The van der Waals surface area contributed by atoms with E-state index in [1.165, 1.54) is 18.2 Å². The Morgan fingerprint density at radius 1 is 1.59 bits per heavy atom. The van der Waals surface area contributed by atoms with E-state index in [9.17, 15) is 9.18 Å². The minimum absolute atomic E-state index is 0.00116. The van der Waals surface area contributed by atoms with Crippen LogP contribution >= 0.6 is 0 Å². The third kappa shape index (κ3) is 2.24. The number of hydrogen-bond donors (Lipinski definition) is 1. The van der Waals surface area contributed by atoms with Gasteiger partial charge < -0.3 is 14.7 Å². The van der Waals surface area contributed by atoms with Gasteiger partial charge in [0.1, 0.15) is 5.82 Å². The Morgan fingerprint density at radius 3 is 3.00 bits per heavy atom. The van der Waals surface area contributed by atoms with Crippen LogP contribution in [-0.2, 0) is 4.74 Å². The molecular weight excluding hydrogens is 225 g/mol. The van der Waals surface area contributed by atoms with Gasteiger partial charge in [-0.2, -0.15) is 0 Å². The molecule has 1 unspecified atom stereocenters. The molecule has 5 heteroatoms. The van der Waals surface area contributed by atoms with Gasteiger partial charge in [-0.05, 0) is 19.1 Å². The van der Waals surface area contributed by atoms with Crippen molar-refractivity contribution in [2.45, 2.75) is 13.0 Å². The molecule has 2 rings (SSSR count). The van der Waals surface area contributed by atoms with Gasteiger partial charge in [0.2, 0.25) is 0 Å². The average Bonchev–Trinajstić information content (AvgIpc) is 2.30. The minimum Gasteiger partial charge on any atom is -0.478 e. The molecule has 4 nitrogen and oxygen atoms in total. The van der Waals surface area contributed by atoms with Gasteiger partial charge in [0.15, 0.2) is 0 Å². The number of nitrogens with zero attached hydrogens (tertiary/aromatic N) is 1. The van der Waals surface area contributed by atoms with Gasteiger partial charge in [0.25, 0.3) is 0 Å². The lowest BCUT2D eigenvalue weighted by Crippen LogP contribution is -2.44. The van der Waals surface area contributed by atoms with Gasteiger partial charge in [0, 0.05) is 12.6 Å². The van der Waals surface area contributed by atoms with Crippen LogP contribution in [0, 0.1) is 5.82 Å². The molecule has 1 atom stereocenters. The number of ether oxygens (including phenoxy) is 1. The quantitative estimate of drug-likeness (QED) is 0.854. The van der Waals surface area contributed by atoms with Crippen LogP contribution in [0.15, 0.2) is 18.2 Å². The van der Waals surface area contributed by atoms with Crippen LogP contribution in [0.2, 0.25) is 0 Å². The van der Waals surface area contributed by atoms with Crippen molar-refractivity contribution in [2.75, 3.05) is 24.7 Å². The Bertz CT molecular complexity index is 436. The second-order valence-electron chi connectivity index (χ2n) is 4.06. The first-order valence-corrected chi connectivity index (χ1v) is 5.47. The largest absolute Gasteiger partial charge is 0.478 e. The molecule has 1 N–H and O–H groups in total. The molecule has 1 fully saturated rings. The predicted molar refractivity (Wildman–Crippen MR) is 61.0 cm³/mol. The van der Waals surface area contributed by atoms with Crippen molar-refractivity contribution < 1.29 is 19.0 Å². The molecule has 0 bridgehead atoms. The maximum Gasteiger partial charge on any atom is 0.337 e. The van der Waals surface area contributed by atoms with E-state index >= 15 is 0 Å². The molecule has 17 heavy (non-hydrogen) atoms. The SMILES string of the molecule is CC1COCCN1c1c(F)cccc1C(=O)O. The third-order valence-electron chi connectivity index (χ3n) is 2.87. The fraction of sp³-hybridized carbons (Fsp3) is 0.417. The molecule has 92 valence electrons. The van der Waals surface area contributed by atoms with Crippen molar-refractivity contribution in [2.24, 2.45) is 0 Å². The highest BCUT2D eigenvalue weighted by molar-refractivity contribution is 5.94. The highest BCUT2D eigenvalue weighted by atomic mass is 19.1. The van der Waals surface area contributed by atoms with Crippen LogP contribution in [0.1, 0.15) is 17.3 Å². The summed E-state index contributed by atoms with van der Waals surface area (Å²) < 4.78 is 19.1. The van der Waals surface area contributed by atoms with Crippen molar-refractivity contribution in [3.05, 3.63) is 29.6 Å². The summed E-state index contributed by atoms with van der Waals surface area (Å²) in [6.07, 6.45) is 0. The maximum absolute atomic E-state index is 13.8. The molecule has 1 aliphatic heterocycles. The van der Waals surface area contributed by atoms with Crippen LogP contribution in [-0.4, -0.2) is 36.9 Å². The lowest BCUT2D eigenvalue weighted by atomic mass is 10.1. The summed E-state index contributed by atoms with van der Waals surface area (Å²) in [5.41, 5.74) is 0.162. The van der Waals surface area contributed by atoms with Gasteiger partial charge in [-0.25, -0.2) is 9.18 Å². The molecule has 1 heterocycles. The first-order valence-electron chi connectivity index (χ1n) is 5.47. The van der Waals surface area contributed by atoms with Gasteiger partial charge in [0.05, 0.1) is 24.5 Å². The van der Waals surface area contributed by atoms with Gasteiger partial charge in [-0.3, -0.25) is 0 Å². The summed E-state index contributed by atoms with van der Waals surface area (Å²) in [6.45, 7) is 3.35. The number of para-hydroxylation sites is 1. The first kappa shape index (κ1) is 11.9. The lowest BCUT2D eigenvalue weighted by Gasteiger charge is -2.36. The van der Waals surface area contributed by atoms with Crippen molar-refractivity contribution >= 4 is 11.7 Å². The monoisotopic (exact) mass is 239 g/mol. The molecule has 0 radical (unpaired) electrons. The van der Waals surface area contributed by atoms with Gasteiger partial charge >= 0.3 is 5.97 Å². The summed E-state index contributed by atoms with van der Waals surface area (Å²) in [4.78, 5) is 12.9. The standard InChI is InChI=1S/C12H14FNO3/c1-8-7-17-6-5-14(8)11-9(12(15)16)3-2-4-10(11)13/h2-4,8H,5-7H2,1H3,(H,15,16). The Kier molecular flexibility index (Phi) is 3.28. The van der Waals surface area contributed by atoms with Crippen LogP contribution in [0.25, 0.3) is 0 Å². The number of carbonyl (C=O) groups is 1. The highest BCUT2D eigenvalue weighted by Crippen LogP contribution is 2.27. The zero-order valence-electron chi connectivity index (χ0n) is 9.52. The summed E-state index contributed by atoms with van der Waals surface area (Å²) >= 11 is 0. The van der Waals surface area contributed by atoms with Crippen LogP contribution in [0.4, 0.5) is 10.1 Å². The minimum atomic E-state index is -1.11. The number of carboxylic acids is 1. The summed E-state index contributed by atoms with van der Waals surface area (Å²) in [5, 5.41) is 9.08. The maximum atomic E-state index is 13.8. The van der Waals surface area contributed by atoms with Crippen LogP contribution in [0.5, 0.6) is 0 Å². The van der Waals surface area contributed by atoms with Gasteiger partial charge in [-0.15, -0.1) is 0 Å². The Balaban J connectivity index is 2.45. The highest BCUT2D eigenvalue weighted by Gasteiger charge is 2.26. The van der Waals surface area contributed by atoms with E-state index in [0.29, 0.717) is 19.8 Å². The summed E-state index contributed by atoms with van der Waals surface area (Å²) in [6, 6.07) is 4.08. The molecule has 1 aliphatic rings. The van der Waals surface area contributed by atoms with Gasteiger partial charge in [-0.1, -0.05) is 6.07 Å². The fourth-order valence-corrected chi connectivity index (χ4v) is 2.04. The molecule has 0 aliphatic carbocycles. The van der Waals surface area contributed by atoms with E-state index < -0.39 is 11.8 Å². The van der Waals surface area contributed by atoms with E-state index in [1.807, 2.05) is 6.92 Å². The van der Waals surface area contributed by atoms with E-state index in [0.717, 1.165) is 0 Å². The number of anilines is 1. The number of aromatic carboxylic acids is 1. The van der Waals surface area contributed by atoms with Crippen LogP contribution in [0.3, 0.4) is 0 Å². The molecule has 0 amide bonds. The molecule has 0 saturated carbocycles. The van der Waals surface area contributed by atoms with E-state index in [-0.39, 0.29) is 17.3 Å². The zero-order chi connectivity index (χ0) is 12.4. The third-order valence-corrected chi connectivity index (χ3v) is 2.87. The second-order valence-corrected chi connectivity index (χ2v) is 4.06. The Hall–Kier alpha value is -1.62. The smallest absolute Gasteiger partial charge is 0.337 e. The topological polar surface area (TPSA) is 49.8 Å². The molecule has 0 aromatic heterocycles. The van der Waals surface area contributed by atoms with E-state index in [4.69, 9.17) is 9.84 Å². The first-order chi connectivity index (χ1) is 8.11. The number of rotatable bonds is 2. The number of benzene rings is 1. The van der Waals surface area contributed by atoms with Crippen molar-refractivity contribution in [3.63, 3.8) is 0 Å². The lowest BCUT2D eigenvalue weighted by molar-refractivity contribution is 0.0694. The normalized spacial score (nSPS) is 20.4. The average molecular weight is 239 g/mol. The van der Waals surface area contributed by atoms with E-state index in [2.05, 4.69) is 0 Å². The Morgan fingerprint density at radius 2 is 2.35 bits per heavy atom. The fourth-order valence-electron chi connectivity index (χ4n) is 2.04. The van der Waals surface area contributed by atoms with Crippen molar-refractivity contribution in [1.29, 1.82) is 0 Å². The molecule has 1 aromatic carbocycles. The molecule has 0 spiro atoms. The van der Waals surface area contributed by atoms with Crippen molar-refractivity contribution in [3.8, 4) is 0 Å². The Labute approximate surface area is 98.6 Å². The second kappa shape index (κ2) is 4.71. The zero-order valence-corrected chi connectivity index (χ0v) is 9.52. The predicted octanol–water partition coefficient (Wildman–Crippen LogP) is 1.75. The molecule has 1 aromatic rings. The summed E-state index contributed by atoms with van der Waals surface area (Å²) in [7, 11) is 0.